The van der Waals surface area contributed by atoms with Crippen molar-refractivity contribution in [3.05, 3.63) is 33.8 Å². The monoisotopic (exact) mass is 362 g/mol. The Bertz CT molecular complexity index is 496. The van der Waals surface area contributed by atoms with Crippen LogP contribution in [-0.4, -0.2) is 26.1 Å². The average molecular weight is 363 g/mol. The van der Waals surface area contributed by atoms with Crippen molar-refractivity contribution in [2.45, 2.75) is 58.4 Å². The lowest BCUT2D eigenvalue weighted by Crippen LogP contribution is -2.43. The van der Waals surface area contributed by atoms with Gasteiger partial charge < -0.3 is 9.53 Å². The summed E-state index contributed by atoms with van der Waals surface area (Å²) in [6, 6.07) is 5.62. The van der Waals surface area contributed by atoms with E-state index in [-0.39, 0.29) is 11.0 Å². The molecule has 0 radical (unpaired) electrons. The van der Waals surface area contributed by atoms with Crippen molar-refractivity contribution in [2.24, 2.45) is 5.92 Å². The molecule has 2 nitrogen and oxygen atoms in total. The van der Waals surface area contributed by atoms with Crippen molar-refractivity contribution in [2.75, 3.05) is 6.61 Å². The van der Waals surface area contributed by atoms with Crippen LogP contribution in [0.5, 0.6) is 0 Å². The molecule has 1 aromatic rings. The summed E-state index contributed by atoms with van der Waals surface area (Å²) in [6.45, 7) is 13.5. The lowest BCUT2D eigenvalue weighted by Gasteiger charge is -2.37. The van der Waals surface area contributed by atoms with E-state index in [9.17, 15) is 5.11 Å². The molecule has 0 fully saturated rings. The van der Waals surface area contributed by atoms with Crippen LogP contribution in [0.4, 0.5) is 0 Å². The van der Waals surface area contributed by atoms with E-state index in [0.29, 0.717) is 16.7 Å². The maximum absolute atomic E-state index is 10.1. The Kier molecular flexibility index (Phi) is 6.97. The molecule has 0 aliphatic rings. The Morgan fingerprint density at radius 1 is 1.18 bits per heavy atom. The zero-order chi connectivity index (χ0) is 17.1. The first-order valence-corrected chi connectivity index (χ1v) is 11.4. The molecule has 2 atom stereocenters. The number of rotatable bonds is 6. The number of hydrogen-bond acceptors (Lipinski definition) is 2. The summed E-state index contributed by atoms with van der Waals surface area (Å²) >= 11 is 12.0. The molecule has 5 heteroatoms. The standard InChI is InChI=1S/C17H28Cl2O2Si/c1-12(20)14(11-21-22(5,6)17(2,3)4)9-13-7-8-15(18)16(19)10-13/h7-8,10,12,14,20H,9,11H2,1-6H3. The maximum Gasteiger partial charge on any atom is 0.191 e. The third-order valence-electron chi connectivity index (χ3n) is 4.63. The predicted molar refractivity (Wildman–Crippen MR) is 98.5 cm³/mol. The molecule has 0 bridgehead atoms. The van der Waals surface area contributed by atoms with E-state index in [1.165, 1.54) is 0 Å². The van der Waals surface area contributed by atoms with E-state index < -0.39 is 14.4 Å². The van der Waals surface area contributed by atoms with Crippen molar-refractivity contribution in [3.63, 3.8) is 0 Å². The number of benzene rings is 1. The lowest BCUT2D eigenvalue weighted by molar-refractivity contribution is 0.0842. The second-order valence-corrected chi connectivity index (χ2v) is 13.1. The van der Waals surface area contributed by atoms with Gasteiger partial charge in [-0.2, -0.15) is 0 Å². The van der Waals surface area contributed by atoms with E-state index in [0.717, 1.165) is 12.0 Å². The average Bonchev–Trinajstić information content (AvgIpc) is 2.37. The van der Waals surface area contributed by atoms with E-state index >= 15 is 0 Å². The van der Waals surface area contributed by atoms with Gasteiger partial charge in [0.15, 0.2) is 8.32 Å². The van der Waals surface area contributed by atoms with Crippen LogP contribution in [0.2, 0.25) is 28.2 Å². The van der Waals surface area contributed by atoms with Gasteiger partial charge in [-0.25, -0.2) is 0 Å². The number of hydrogen-bond donors (Lipinski definition) is 1. The van der Waals surface area contributed by atoms with Gasteiger partial charge in [0.25, 0.3) is 0 Å². The van der Waals surface area contributed by atoms with Gasteiger partial charge in [-0.05, 0) is 49.2 Å². The zero-order valence-corrected chi connectivity index (χ0v) is 16.9. The molecule has 0 amide bonds. The summed E-state index contributed by atoms with van der Waals surface area (Å²) in [6.07, 6.45) is 0.294. The minimum absolute atomic E-state index is 0.0476. The maximum atomic E-state index is 10.1. The molecule has 2 unspecified atom stereocenters. The molecule has 1 N–H and O–H groups in total. The second kappa shape index (κ2) is 7.67. The second-order valence-electron chi connectivity index (χ2n) is 7.52. The SMILES string of the molecule is CC(O)C(CO[Si](C)(C)C(C)(C)C)Cc1ccc(Cl)c(Cl)c1. The Hall–Kier alpha value is -0.0631. The molecule has 0 saturated carbocycles. The third kappa shape index (κ3) is 5.54. The number of aliphatic hydroxyl groups is 1. The van der Waals surface area contributed by atoms with Gasteiger partial charge in [-0.15, -0.1) is 0 Å². The molecule has 0 heterocycles. The van der Waals surface area contributed by atoms with Crippen molar-refractivity contribution in [1.29, 1.82) is 0 Å². The summed E-state index contributed by atoms with van der Waals surface area (Å²) in [7, 11) is -1.81. The summed E-state index contributed by atoms with van der Waals surface area (Å²) in [5.74, 6) is 0.0476. The van der Waals surface area contributed by atoms with Crippen molar-refractivity contribution >= 4 is 31.5 Å². The van der Waals surface area contributed by atoms with Crippen LogP contribution in [-0.2, 0) is 10.8 Å². The summed E-state index contributed by atoms with van der Waals surface area (Å²) < 4.78 is 6.26. The molecule has 0 aliphatic carbocycles. The fourth-order valence-electron chi connectivity index (χ4n) is 1.87. The van der Waals surface area contributed by atoms with Crippen molar-refractivity contribution < 1.29 is 9.53 Å². The first-order valence-electron chi connectivity index (χ1n) is 7.70. The first kappa shape index (κ1) is 20.0. The Labute approximate surface area is 145 Å². The number of halogens is 2. The molecule has 22 heavy (non-hydrogen) atoms. The third-order valence-corrected chi connectivity index (χ3v) is 9.87. The van der Waals surface area contributed by atoms with E-state index in [1.54, 1.807) is 6.07 Å². The van der Waals surface area contributed by atoms with Crippen LogP contribution in [0.3, 0.4) is 0 Å². The summed E-state index contributed by atoms with van der Waals surface area (Å²) in [5, 5.41) is 11.3. The molecular formula is C17H28Cl2O2Si. The highest BCUT2D eigenvalue weighted by atomic mass is 35.5. The van der Waals surface area contributed by atoms with Gasteiger partial charge >= 0.3 is 0 Å². The molecule has 1 rings (SSSR count). The number of aliphatic hydroxyl groups excluding tert-OH is 1. The van der Waals surface area contributed by atoms with Gasteiger partial charge in [-0.3, -0.25) is 0 Å². The van der Waals surface area contributed by atoms with Crippen LogP contribution in [0.15, 0.2) is 18.2 Å². The molecule has 0 saturated heterocycles. The minimum atomic E-state index is -1.81. The largest absolute Gasteiger partial charge is 0.416 e. The Morgan fingerprint density at radius 2 is 1.77 bits per heavy atom. The van der Waals surface area contributed by atoms with Crippen LogP contribution in [0.25, 0.3) is 0 Å². The van der Waals surface area contributed by atoms with Gasteiger partial charge in [0.2, 0.25) is 0 Å². The zero-order valence-electron chi connectivity index (χ0n) is 14.4. The quantitative estimate of drug-likeness (QED) is 0.671. The molecular weight excluding hydrogens is 335 g/mol. The fourth-order valence-corrected chi connectivity index (χ4v) is 3.25. The van der Waals surface area contributed by atoms with Crippen molar-refractivity contribution in [1.82, 2.24) is 0 Å². The fraction of sp³-hybridized carbons (Fsp3) is 0.647. The highest BCUT2D eigenvalue weighted by Gasteiger charge is 2.37. The normalized spacial score (nSPS) is 15.7. The van der Waals surface area contributed by atoms with Crippen LogP contribution in [0, 0.1) is 5.92 Å². The molecule has 0 aliphatic heterocycles. The molecule has 1 aromatic carbocycles. The van der Waals surface area contributed by atoms with E-state index in [2.05, 4.69) is 33.9 Å². The molecule has 0 spiro atoms. The van der Waals surface area contributed by atoms with Gasteiger partial charge in [0, 0.05) is 12.5 Å². The molecule has 0 aromatic heterocycles. The summed E-state index contributed by atoms with van der Waals surface area (Å²) in [4.78, 5) is 0. The van der Waals surface area contributed by atoms with Crippen LogP contribution in [0.1, 0.15) is 33.3 Å². The highest BCUT2D eigenvalue weighted by Crippen LogP contribution is 2.37. The Morgan fingerprint density at radius 3 is 2.23 bits per heavy atom. The van der Waals surface area contributed by atoms with Gasteiger partial charge in [0.05, 0.1) is 16.1 Å². The van der Waals surface area contributed by atoms with E-state index in [4.69, 9.17) is 27.6 Å². The van der Waals surface area contributed by atoms with E-state index in [1.807, 2.05) is 19.1 Å². The summed E-state index contributed by atoms with van der Waals surface area (Å²) in [5.41, 5.74) is 1.07. The predicted octanol–water partition coefficient (Wildman–Crippen LogP) is 5.55. The first-order chi connectivity index (χ1) is 9.94. The topological polar surface area (TPSA) is 29.5 Å². The van der Waals surface area contributed by atoms with Gasteiger partial charge in [-0.1, -0.05) is 50.0 Å². The highest BCUT2D eigenvalue weighted by molar-refractivity contribution is 6.74. The van der Waals surface area contributed by atoms with Crippen molar-refractivity contribution in [3.8, 4) is 0 Å². The lowest BCUT2D eigenvalue weighted by atomic mass is 9.96. The van der Waals surface area contributed by atoms with Crippen LogP contribution < -0.4 is 0 Å². The van der Waals surface area contributed by atoms with Gasteiger partial charge in [0.1, 0.15) is 0 Å². The smallest absolute Gasteiger partial charge is 0.191 e. The Balaban J connectivity index is 2.76. The molecule has 126 valence electrons. The minimum Gasteiger partial charge on any atom is -0.416 e. The van der Waals surface area contributed by atoms with Crippen LogP contribution >= 0.6 is 23.2 Å².